The molecular weight excluding hydrogens is 379 g/mol. The summed E-state index contributed by atoms with van der Waals surface area (Å²) in [6, 6.07) is 6.20. The Hall–Kier alpha value is -1.73. The molecule has 0 unspecified atom stereocenters. The SMILES string of the molecule is COC(=O)c1ccc(N[C-]=C2C(=O)OC(C)(C)OC2=O)cc1.[Y]. The predicted molar refractivity (Wildman–Crippen MR) is 74.4 cm³/mol. The van der Waals surface area contributed by atoms with Crippen molar-refractivity contribution in [2.45, 2.75) is 19.6 Å². The molecule has 0 atom stereocenters. The molecule has 1 radical (unpaired) electrons. The number of esters is 3. The molecule has 0 spiro atoms. The summed E-state index contributed by atoms with van der Waals surface area (Å²) in [5, 5.41) is 2.65. The third-order valence-corrected chi connectivity index (χ3v) is 2.72. The van der Waals surface area contributed by atoms with Gasteiger partial charge in [0.15, 0.2) is 0 Å². The van der Waals surface area contributed by atoms with Gasteiger partial charge >= 0.3 is 5.97 Å². The van der Waals surface area contributed by atoms with Crippen molar-refractivity contribution in [1.29, 1.82) is 0 Å². The van der Waals surface area contributed by atoms with E-state index in [4.69, 9.17) is 9.47 Å². The number of hydrogen-bond acceptors (Lipinski definition) is 7. The van der Waals surface area contributed by atoms with E-state index in [0.29, 0.717) is 11.3 Å². The van der Waals surface area contributed by atoms with Crippen molar-refractivity contribution in [2.24, 2.45) is 0 Å². The number of methoxy groups -OCH3 is 1. The Morgan fingerprint density at radius 2 is 1.65 bits per heavy atom. The second kappa shape index (κ2) is 7.70. The van der Waals surface area contributed by atoms with Gasteiger partial charge in [-0.15, -0.1) is 0 Å². The van der Waals surface area contributed by atoms with Crippen LogP contribution in [0.3, 0.4) is 0 Å². The first kappa shape index (κ1) is 19.3. The monoisotopic (exact) mass is 393 g/mol. The summed E-state index contributed by atoms with van der Waals surface area (Å²) in [4.78, 5) is 34.7. The Bertz CT molecular complexity index is 628. The minimum absolute atomic E-state index is 0. The van der Waals surface area contributed by atoms with Gasteiger partial charge in [0, 0.05) is 52.1 Å². The van der Waals surface area contributed by atoms with E-state index in [9.17, 15) is 14.4 Å². The molecule has 0 aromatic heterocycles. The van der Waals surface area contributed by atoms with Crippen LogP contribution in [0.1, 0.15) is 24.2 Å². The molecule has 2 rings (SSSR count). The molecule has 1 fully saturated rings. The number of cyclic esters (lactones) is 2. The summed E-state index contributed by atoms with van der Waals surface area (Å²) in [5.74, 6) is -3.39. The van der Waals surface area contributed by atoms with Gasteiger partial charge in [-0.25, -0.2) is 4.79 Å². The third-order valence-electron chi connectivity index (χ3n) is 2.72. The topological polar surface area (TPSA) is 90.9 Å². The van der Waals surface area contributed by atoms with Crippen LogP contribution in [0.15, 0.2) is 29.8 Å². The Balaban J connectivity index is 0.00000264. The van der Waals surface area contributed by atoms with E-state index in [1.807, 2.05) is 0 Å². The van der Waals surface area contributed by atoms with E-state index < -0.39 is 23.7 Å². The van der Waals surface area contributed by atoms with Gasteiger partial charge in [-0.3, -0.25) is 0 Å². The van der Waals surface area contributed by atoms with E-state index in [-0.39, 0.29) is 38.3 Å². The van der Waals surface area contributed by atoms with Crippen LogP contribution >= 0.6 is 0 Å². The molecule has 1 aromatic rings. The largest absolute Gasteiger partial charge is 0.466 e. The zero-order valence-corrected chi connectivity index (χ0v) is 15.7. The Kier molecular flexibility index (Phi) is 6.47. The smallest absolute Gasteiger partial charge is 0.337 e. The van der Waals surface area contributed by atoms with Crippen molar-refractivity contribution < 1.29 is 61.3 Å². The van der Waals surface area contributed by atoms with Gasteiger partial charge in [0.05, 0.1) is 12.7 Å². The maximum atomic E-state index is 11.7. The first-order chi connectivity index (χ1) is 10.3. The fourth-order valence-corrected chi connectivity index (χ4v) is 1.70. The molecule has 0 bridgehead atoms. The summed E-state index contributed by atoms with van der Waals surface area (Å²) in [6.07, 6.45) is 2.44. The van der Waals surface area contributed by atoms with Gasteiger partial charge in [-0.05, 0) is 5.69 Å². The molecule has 0 amide bonds. The van der Waals surface area contributed by atoms with Gasteiger partial charge in [0.2, 0.25) is 5.79 Å². The molecule has 0 aliphatic carbocycles. The normalized spacial score (nSPS) is 15.7. The van der Waals surface area contributed by atoms with Crippen LogP contribution in [-0.4, -0.2) is 30.8 Å². The predicted octanol–water partition coefficient (Wildman–Crippen LogP) is 1.41. The number of nitrogens with one attached hydrogen (secondary N) is 1. The van der Waals surface area contributed by atoms with Crippen LogP contribution in [0.5, 0.6) is 0 Å². The van der Waals surface area contributed by atoms with Crippen LogP contribution in [0, 0.1) is 6.20 Å². The molecule has 23 heavy (non-hydrogen) atoms. The quantitative estimate of drug-likeness (QED) is 0.273. The molecule has 1 N–H and O–H groups in total. The average Bonchev–Trinajstić information content (AvgIpc) is 2.45. The van der Waals surface area contributed by atoms with Crippen molar-refractivity contribution >= 4 is 23.6 Å². The van der Waals surface area contributed by atoms with Gasteiger partial charge in [-0.1, -0.05) is 30.5 Å². The molecule has 119 valence electrons. The number of carbonyl (C=O) groups excluding carboxylic acids is 3. The number of benzene rings is 1. The number of ether oxygens (including phenoxy) is 3. The molecule has 1 aliphatic heterocycles. The Morgan fingerprint density at radius 1 is 1.13 bits per heavy atom. The van der Waals surface area contributed by atoms with E-state index in [0.717, 1.165) is 0 Å². The van der Waals surface area contributed by atoms with Crippen LogP contribution in [-0.2, 0) is 56.5 Å². The number of hydrogen-bond donors (Lipinski definition) is 1. The number of anilines is 1. The van der Waals surface area contributed by atoms with Crippen LogP contribution < -0.4 is 5.32 Å². The first-order valence-electron chi connectivity index (χ1n) is 6.36. The second-order valence-corrected chi connectivity index (χ2v) is 4.87. The molecular formula is C15H14NO6Y-. The molecule has 1 aromatic carbocycles. The summed E-state index contributed by atoms with van der Waals surface area (Å²) in [5.41, 5.74) is 0.529. The maximum Gasteiger partial charge on any atom is 0.337 e. The number of carbonyl (C=O) groups is 3. The Morgan fingerprint density at radius 3 is 2.13 bits per heavy atom. The van der Waals surface area contributed by atoms with Crippen LogP contribution in [0.25, 0.3) is 0 Å². The van der Waals surface area contributed by atoms with Crippen molar-refractivity contribution in [1.82, 2.24) is 0 Å². The van der Waals surface area contributed by atoms with Gasteiger partial charge in [-0.2, -0.15) is 0 Å². The van der Waals surface area contributed by atoms with E-state index in [1.165, 1.54) is 33.1 Å². The molecule has 0 saturated carbocycles. The van der Waals surface area contributed by atoms with Crippen molar-refractivity contribution in [3.63, 3.8) is 0 Å². The molecule has 1 heterocycles. The molecule has 7 nitrogen and oxygen atoms in total. The zero-order chi connectivity index (χ0) is 16.3. The third kappa shape index (κ3) is 4.87. The minimum atomic E-state index is -1.29. The van der Waals surface area contributed by atoms with Crippen LogP contribution in [0.4, 0.5) is 5.69 Å². The summed E-state index contributed by atoms with van der Waals surface area (Å²) in [7, 11) is 1.29. The minimum Gasteiger partial charge on any atom is -0.466 e. The second-order valence-electron chi connectivity index (χ2n) is 4.87. The standard InChI is InChI=1S/C15H14NO6.Y/c1-15(2)21-13(18)11(14(19)22-15)8-16-10-6-4-9(5-7-10)12(17)20-3;/h4-7,16H,1-3H3;/q-1;. The maximum absolute atomic E-state index is 11.7. The zero-order valence-electron chi connectivity index (χ0n) is 12.8. The molecule has 8 heteroatoms. The van der Waals surface area contributed by atoms with Crippen molar-refractivity contribution in [2.75, 3.05) is 12.4 Å². The fraction of sp³-hybridized carbons (Fsp3) is 0.267. The molecule has 1 aliphatic rings. The average molecular weight is 393 g/mol. The van der Waals surface area contributed by atoms with Gasteiger partial charge in [0.1, 0.15) is 0 Å². The van der Waals surface area contributed by atoms with E-state index >= 15 is 0 Å². The van der Waals surface area contributed by atoms with Crippen molar-refractivity contribution in [3.05, 3.63) is 41.6 Å². The Labute approximate surface area is 158 Å². The summed E-state index contributed by atoms with van der Waals surface area (Å²) >= 11 is 0. The first-order valence-corrected chi connectivity index (χ1v) is 6.36. The molecule has 1 saturated heterocycles. The van der Waals surface area contributed by atoms with Gasteiger partial charge < -0.3 is 29.1 Å². The summed E-state index contributed by atoms with van der Waals surface area (Å²) in [6.45, 7) is 2.91. The van der Waals surface area contributed by atoms with E-state index in [1.54, 1.807) is 12.1 Å². The van der Waals surface area contributed by atoms with Crippen molar-refractivity contribution in [3.8, 4) is 0 Å². The summed E-state index contributed by atoms with van der Waals surface area (Å²) < 4.78 is 14.4. The fourth-order valence-electron chi connectivity index (χ4n) is 1.70. The van der Waals surface area contributed by atoms with Crippen LogP contribution in [0.2, 0.25) is 0 Å². The van der Waals surface area contributed by atoms with Gasteiger partial charge in [0.25, 0.3) is 11.9 Å². The van der Waals surface area contributed by atoms with E-state index in [2.05, 4.69) is 16.3 Å². The number of rotatable bonds is 3.